The van der Waals surface area contributed by atoms with Crippen LogP contribution in [0.4, 0.5) is 0 Å². The van der Waals surface area contributed by atoms with E-state index in [1.165, 1.54) is 44.1 Å². The number of aromatic nitrogens is 1. The molecule has 2 heteroatoms. The molecule has 5 rings (SSSR count). The molecule has 23 heavy (non-hydrogen) atoms. The van der Waals surface area contributed by atoms with Crippen LogP contribution >= 0.6 is 11.6 Å². The Hall–Kier alpha value is -2.25. The van der Waals surface area contributed by atoms with Crippen molar-refractivity contribution in [2.75, 3.05) is 0 Å². The maximum absolute atomic E-state index is 6.56. The van der Waals surface area contributed by atoms with E-state index in [-0.39, 0.29) is 5.41 Å². The molecule has 0 atom stereocenters. The molecule has 0 bridgehead atoms. The van der Waals surface area contributed by atoms with Gasteiger partial charge < -0.3 is 4.98 Å². The first-order valence-electron chi connectivity index (χ1n) is 7.92. The fourth-order valence-corrected chi connectivity index (χ4v) is 4.63. The van der Waals surface area contributed by atoms with Gasteiger partial charge in [-0.05, 0) is 28.8 Å². The van der Waals surface area contributed by atoms with Crippen LogP contribution in [0.1, 0.15) is 25.0 Å². The highest BCUT2D eigenvalue weighted by Gasteiger charge is 2.38. The number of hydrogen-bond donors (Lipinski definition) is 1. The summed E-state index contributed by atoms with van der Waals surface area (Å²) in [6.07, 6.45) is 0. The normalized spacial score (nSPS) is 15.1. The SMILES string of the molecule is CC1(C)c2ccc3c([nH]c4ccccc43)c2-c2cccc(Cl)c21. The van der Waals surface area contributed by atoms with E-state index >= 15 is 0 Å². The molecule has 1 nitrogen and oxygen atoms in total. The molecule has 1 aliphatic rings. The van der Waals surface area contributed by atoms with Crippen LogP contribution in [-0.2, 0) is 5.41 Å². The second kappa shape index (κ2) is 4.18. The lowest BCUT2D eigenvalue weighted by atomic mass is 9.82. The van der Waals surface area contributed by atoms with E-state index in [1.54, 1.807) is 0 Å². The van der Waals surface area contributed by atoms with Crippen molar-refractivity contribution in [3.8, 4) is 11.1 Å². The molecule has 1 N–H and O–H groups in total. The molecular weight excluding hydrogens is 302 g/mol. The van der Waals surface area contributed by atoms with Crippen LogP contribution in [0.5, 0.6) is 0 Å². The third-order valence-corrected chi connectivity index (χ3v) is 5.58. The van der Waals surface area contributed by atoms with Gasteiger partial charge >= 0.3 is 0 Å². The molecule has 3 aromatic carbocycles. The van der Waals surface area contributed by atoms with Crippen molar-refractivity contribution < 1.29 is 0 Å². The first kappa shape index (κ1) is 13.2. The predicted octanol–water partition coefficient (Wildman–Crippen LogP) is 6.28. The maximum atomic E-state index is 6.56. The number of hydrogen-bond acceptors (Lipinski definition) is 0. The van der Waals surface area contributed by atoms with E-state index in [4.69, 9.17) is 11.6 Å². The van der Waals surface area contributed by atoms with E-state index in [2.05, 4.69) is 61.3 Å². The number of aromatic amines is 1. The molecule has 1 aromatic heterocycles. The fraction of sp³-hybridized carbons (Fsp3) is 0.143. The number of benzene rings is 3. The Morgan fingerprint density at radius 1 is 0.870 bits per heavy atom. The average molecular weight is 318 g/mol. The lowest BCUT2D eigenvalue weighted by Crippen LogP contribution is -2.15. The van der Waals surface area contributed by atoms with Crippen LogP contribution in [0.2, 0.25) is 5.02 Å². The Morgan fingerprint density at radius 2 is 1.70 bits per heavy atom. The summed E-state index contributed by atoms with van der Waals surface area (Å²) in [5.74, 6) is 0. The van der Waals surface area contributed by atoms with Gasteiger partial charge in [0.1, 0.15) is 0 Å². The van der Waals surface area contributed by atoms with E-state index < -0.39 is 0 Å². The summed E-state index contributed by atoms with van der Waals surface area (Å²) in [5.41, 5.74) is 7.48. The minimum atomic E-state index is -0.0749. The average Bonchev–Trinajstić information content (AvgIpc) is 3.02. The van der Waals surface area contributed by atoms with Gasteiger partial charge in [0.15, 0.2) is 0 Å². The number of para-hydroxylation sites is 1. The van der Waals surface area contributed by atoms with Gasteiger partial charge in [0, 0.05) is 32.3 Å². The molecule has 112 valence electrons. The van der Waals surface area contributed by atoms with E-state index in [0.29, 0.717) is 0 Å². The minimum Gasteiger partial charge on any atom is -0.354 e. The summed E-state index contributed by atoms with van der Waals surface area (Å²) in [7, 11) is 0. The van der Waals surface area contributed by atoms with E-state index in [1.807, 2.05) is 12.1 Å². The Morgan fingerprint density at radius 3 is 2.57 bits per heavy atom. The topological polar surface area (TPSA) is 15.8 Å². The van der Waals surface area contributed by atoms with Crippen LogP contribution in [0.15, 0.2) is 54.6 Å². The third-order valence-electron chi connectivity index (χ3n) is 5.26. The Balaban J connectivity index is 2.02. The number of halogens is 1. The highest BCUT2D eigenvalue weighted by atomic mass is 35.5. The smallest absolute Gasteiger partial charge is 0.0547 e. The molecular formula is C21H16ClN. The van der Waals surface area contributed by atoms with Crippen LogP contribution in [0.25, 0.3) is 32.9 Å². The molecule has 1 aliphatic carbocycles. The summed E-state index contributed by atoms with van der Waals surface area (Å²) < 4.78 is 0. The predicted molar refractivity (Wildman–Crippen MR) is 98.4 cm³/mol. The van der Waals surface area contributed by atoms with Crippen molar-refractivity contribution in [1.29, 1.82) is 0 Å². The fourth-order valence-electron chi connectivity index (χ4n) is 4.22. The van der Waals surface area contributed by atoms with Crippen molar-refractivity contribution in [1.82, 2.24) is 4.98 Å². The quantitative estimate of drug-likeness (QED) is 0.393. The molecule has 0 radical (unpaired) electrons. The molecule has 0 unspecified atom stereocenters. The van der Waals surface area contributed by atoms with Crippen molar-refractivity contribution in [3.63, 3.8) is 0 Å². The lowest BCUT2D eigenvalue weighted by Gasteiger charge is -2.22. The van der Waals surface area contributed by atoms with Gasteiger partial charge in [-0.15, -0.1) is 0 Å². The zero-order valence-corrected chi connectivity index (χ0v) is 13.8. The number of H-pyrrole nitrogens is 1. The monoisotopic (exact) mass is 317 g/mol. The first-order chi connectivity index (χ1) is 11.1. The maximum Gasteiger partial charge on any atom is 0.0547 e. The molecule has 0 amide bonds. The largest absolute Gasteiger partial charge is 0.354 e. The molecule has 0 fully saturated rings. The second-order valence-electron chi connectivity index (χ2n) is 6.87. The highest BCUT2D eigenvalue weighted by Crippen LogP contribution is 2.53. The van der Waals surface area contributed by atoms with Gasteiger partial charge in [0.2, 0.25) is 0 Å². The second-order valence-corrected chi connectivity index (χ2v) is 7.28. The van der Waals surface area contributed by atoms with Crippen LogP contribution in [0, 0.1) is 0 Å². The van der Waals surface area contributed by atoms with Gasteiger partial charge in [-0.3, -0.25) is 0 Å². The third kappa shape index (κ3) is 1.53. The van der Waals surface area contributed by atoms with Crippen molar-refractivity contribution >= 4 is 33.4 Å². The molecule has 1 heterocycles. The van der Waals surface area contributed by atoms with Gasteiger partial charge in [0.25, 0.3) is 0 Å². The van der Waals surface area contributed by atoms with Gasteiger partial charge in [-0.25, -0.2) is 0 Å². The van der Waals surface area contributed by atoms with Gasteiger partial charge in [-0.2, -0.15) is 0 Å². The zero-order valence-electron chi connectivity index (χ0n) is 13.1. The standard InChI is InChI=1S/C21H16ClN/c1-21(2)15-11-10-13-12-6-3-4-9-17(12)23-20(13)18(15)14-7-5-8-16(22)19(14)21/h3-11,23H,1-2H3. The molecule has 0 aliphatic heterocycles. The Kier molecular flexibility index (Phi) is 2.40. The molecule has 0 saturated heterocycles. The summed E-state index contributed by atoms with van der Waals surface area (Å²) in [6.45, 7) is 4.52. The molecule has 0 saturated carbocycles. The van der Waals surface area contributed by atoms with E-state index in [9.17, 15) is 0 Å². The first-order valence-corrected chi connectivity index (χ1v) is 8.30. The number of nitrogens with one attached hydrogen (secondary N) is 1. The summed E-state index contributed by atoms with van der Waals surface area (Å²) in [4.78, 5) is 3.63. The van der Waals surface area contributed by atoms with Crippen LogP contribution < -0.4 is 0 Å². The minimum absolute atomic E-state index is 0.0749. The van der Waals surface area contributed by atoms with Crippen molar-refractivity contribution in [2.24, 2.45) is 0 Å². The molecule has 0 spiro atoms. The van der Waals surface area contributed by atoms with E-state index in [0.717, 1.165) is 5.02 Å². The van der Waals surface area contributed by atoms with Crippen molar-refractivity contribution in [3.05, 3.63) is 70.7 Å². The van der Waals surface area contributed by atoms with Gasteiger partial charge in [0.05, 0.1) is 5.52 Å². The lowest BCUT2D eigenvalue weighted by molar-refractivity contribution is 0.661. The summed E-state index contributed by atoms with van der Waals surface area (Å²) in [6, 6.07) is 19.2. The van der Waals surface area contributed by atoms with Gasteiger partial charge in [-0.1, -0.05) is 67.9 Å². The Bertz CT molecular complexity index is 1100. The highest BCUT2D eigenvalue weighted by molar-refractivity contribution is 6.32. The number of fused-ring (bicyclic) bond motifs is 7. The number of rotatable bonds is 0. The Labute approximate surface area is 139 Å². The summed E-state index contributed by atoms with van der Waals surface area (Å²) >= 11 is 6.56. The summed E-state index contributed by atoms with van der Waals surface area (Å²) in [5, 5.41) is 3.41. The van der Waals surface area contributed by atoms with Crippen molar-refractivity contribution in [2.45, 2.75) is 19.3 Å². The molecule has 4 aromatic rings. The zero-order chi connectivity index (χ0) is 15.8. The van der Waals surface area contributed by atoms with Crippen LogP contribution in [0.3, 0.4) is 0 Å². The van der Waals surface area contributed by atoms with Crippen LogP contribution in [-0.4, -0.2) is 4.98 Å².